The van der Waals surface area contributed by atoms with Gasteiger partial charge >= 0.3 is 8.38 Å². The van der Waals surface area contributed by atoms with Gasteiger partial charge in [0.05, 0.1) is 5.30 Å². The SMILES string of the molecule is Cc1ccccc1OP(Oc1ccccc1C)c1ccccc1C. The van der Waals surface area contributed by atoms with Crippen molar-refractivity contribution in [1.82, 2.24) is 0 Å². The van der Waals surface area contributed by atoms with E-state index in [0.717, 1.165) is 27.9 Å². The van der Waals surface area contributed by atoms with Crippen molar-refractivity contribution < 1.29 is 9.05 Å². The van der Waals surface area contributed by atoms with Crippen LogP contribution in [0.4, 0.5) is 0 Å². The Morgan fingerprint density at radius 3 is 1.42 bits per heavy atom. The zero-order chi connectivity index (χ0) is 16.9. The minimum atomic E-state index is -1.26. The maximum Gasteiger partial charge on any atom is 0.326 e. The molecule has 0 aliphatic heterocycles. The van der Waals surface area contributed by atoms with Crippen LogP contribution in [-0.4, -0.2) is 0 Å². The number of para-hydroxylation sites is 2. The molecule has 0 bridgehead atoms. The molecule has 122 valence electrons. The summed E-state index contributed by atoms with van der Waals surface area (Å²) in [5, 5.41) is 1.10. The van der Waals surface area contributed by atoms with Crippen molar-refractivity contribution in [2.24, 2.45) is 0 Å². The van der Waals surface area contributed by atoms with Crippen LogP contribution in [-0.2, 0) is 0 Å². The molecule has 0 fully saturated rings. The van der Waals surface area contributed by atoms with Crippen molar-refractivity contribution in [1.29, 1.82) is 0 Å². The largest absolute Gasteiger partial charge is 0.435 e. The van der Waals surface area contributed by atoms with Crippen molar-refractivity contribution >= 4 is 13.7 Å². The summed E-state index contributed by atoms with van der Waals surface area (Å²) in [5.74, 6) is 1.72. The van der Waals surface area contributed by atoms with Crippen molar-refractivity contribution in [3.8, 4) is 11.5 Å². The lowest BCUT2D eigenvalue weighted by Gasteiger charge is -2.22. The van der Waals surface area contributed by atoms with Crippen molar-refractivity contribution in [3.05, 3.63) is 89.5 Å². The highest BCUT2D eigenvalue weighted by molar-refractivity contribution is 7.56. The van der Waals surface area contributed by atoms with Crippen LogP contribution in [0.25, 0.3) is 0 Å². The van der Waals surface area contributed by atoms with Gasteiger partial charge in [-0.25, -0.2) is 0 Å². The van der Waals surface area contributed by atoms with E-state index >= 15 is 0 Å². The summed E-state index contributed by atoms with van der Waals surface area (Å²) < 4.78 is 12.6. The third-order valence-electron chi connectivity index (χ3n) is 3.86. The summed E-state index contributed by atoms with van der Waals surface area (Å²) in [5.41, 5.74) is 3.38. The lowest BCUT2D eigenvalue weighted by atomic mass is 10.2. The Bertz CT molecular complexity index is 782. The molecule has 24 heavy (non-hydrogen) atoms. The second-order valence-corrected chi connectivity index (χ2v) is 7.12. The van der Waals surface area contributed by atoms with E-state index in [2.05, 4.69) is 45.0 Å². The molecule has 0 saturated heterocycles. The van der Waals surface area contributed by atoms with Crippen LogP contribution in [0, 0.1) is 20.8 Å². The highest BCUT2D eigenvalue weighted by Crippen LogP contribution is 2.42. The molecule has 0 unspecified atom stereocenters. The molecule has 0 aliphatic carbocycles. The standard InChI is InChI=1S/C21H21O2P/c1-16-10-4-7-13-19(16)22-24(21-15-9-6-12-18(21)3)23-20-14-8-5-11-17(20)2/h4-15H,1-3H3. The molecule has 0 aliphatic rings. The number of benzene rings is 3. The fourth-order valence-electron chi connectivity index (χ4n) is 2.38. The maximum atomic E-state index is 6.31. The first-order valence-corrected chi connectivity index (χ1v) is 9.16. The molecule has 0 radical (unpaired) electrons. The van der Waals surface area contributed by atoms with Gasteiger partial charge < -0.3 is 9.05 Å². The van der Waals surface area contributed by atoms with Crippen molar-refractivity contribution in [2.75, 3.05) is 0 Å². The molecule has 3 rings (SSSR count). The fraction of sp³-hybridized carbons (Fsp3) is 0.143. The van der Waals surface area contributed by atoms with E-state index < -0.39 is 8.38 Å². The van der Waals surface area contributed by atoms with E-state index in [9.17, 15) is 0 Å². The van der Waals surface area contributed by atoms with Crippen LogP contribution in [0.2, 0.25) is 0 Å². The zero-order valence-electron chi connectivity index (χ0n) is 14.2. The predicted molar refractivity (Wildman–Crippen MR) is 101 cm³/mol. The minimum Gasteiger partial charge on any atom is -0.435 e. The van der Waals surface area contributed by atoms with E-state index in [1.807, 2.05) is 48.5 Å². The van der Waals surface area contributed by atoms with Crippen LogP contribution < -0.4 is 14.4 Å². The van der Waals surface area contributed by atoms with Gasteiger partial charge in [-0.05, 0) is 55.7 Å². The quantitative estimate of drug-likeness (QED) is 0.556. The van der Waals surface area contributed by atoms with Gasteiger partial charge in [0.2, 0.25) is 0 Å². The summed E-state index contributed by atoms with van der Waals surface area (Å²) in [6.45, 7) is 6.19. The smallest absolute Gasteiger partial charge is 0.326 e. The first kappa shape index (κ1) is 16.5. The van der Waals surface area contributed by atoms with E-state index in [1.54, 1.807) is 0 Å². The molecule has 0 atom stereocenters. The van der Waals surface area contributed by atoms with Gasteiger partial charge in [-0.1, -0.05) is 54.6 Å². The molecule has 0 heterocycles. The minimum absolute atomic E-state index is 0.862. The summed E-state index contributed by atoms with van der Waals surface area (Å²) in [6, 6.07) is 24.3. The Morgan fingerprint density at radius 2 is 0.958 bits per heavy atom. The zero-order valence-corrected chi connectivity index (χ0v) is 15.1. The monoisotopic (exact) mass is 336 g/mol. The Labute approximate surface area is 145 Å². The number of hydrogen-bond donors (Lipinski definition) is 0. The second kappa shape index (κ2) is 7.51. The number of aryl methyl sites for hydroxylation is 3. The summed E-state index contributed by atoms with van der Waals surface area (Å²) in [4.78, 5) is 0. The highest BCUT2D eigenvalue weighted by atomic mass is 31.2. The Balaban J connectivity index is 1.97. The molecule has 3 aromatic carbocycles. The molecule has 3 aromatic rings. The topological polar surface area (TPSA) is 18.5 Å². The first-order valence-electron chi connectivity index (χ1n) is 7.98. The Morgan fingerprint density at radius 1 is 0.542 bits per heavy atom. The van der Waals surface area contributed by atoms with Crippen LogP contribution in [0.3, 0.4) is 0 Å². The first-order chi connectivity index (χ1) is 11.6. The van der Waals surface area contributed by atoms with Crippen LogP contribution in [0.1, 0.15) is 16.7 Å². The Hall–Kier alpha value is -2.31. The highest BCUT2D eigenvalue weighted by Gasteiger charge is 2.21. The molecule has 0 saturated carbocycles. The molecule has 2 nitrogen and oxygen atoms in total. The van der Waals surface area contributed by atoms with Crippen LogP contribution >= 0.6 is 8.38 Å². The van der Waals surface area contributed by atoms with E-state index in [-0.39, 0.29) is 0 Å². The van der Waals surface area contributed by atoms with Gasteiger partial charge in [-0.3, -0.25) is 0 Å². The van der Waals surface area contributed by atoms with Gasteiger partial charge in [0.1, 0.15) is 11.5 Å². The normalized spacial score (nSPS) is 10.7. The number of hydrogen-bond acceptors (Lipinski definition) is 2. The third-order valence-corrected chi connectivity index (χ3v) is 5.48. The van der Waals surface area contributed by atoms with E-state index in [4.69, 9.17) is 9.05 Å². The van der Waals surface area contributed by atoms with Gasteiger partial charge in [0, 0.05) is 0 Å². The fourth-order valence-corrected chi connectivity index (χ4v) is 3.95. The van der Waals surface area contributed by atoms with Crippen molar-refractivity contribution in [2.45, 2.75) is 20.8 Å². The van der Waals surface area contributed by atoms with Gasteiger partial charge in [0.15, 0.2) is 0 Å². The Kier molecular flexibility index (Phi) is 5.17. The van der Waals surface area contributed by atoms with E-state index in [1.165, 1.54) is 5.56 Å². The predicted octanol–water partition coefficient (Wildman–Crippen LogP) is 5.71. The molecular weight excluding hydrogens is 315 g/mol. The summed E-state index contributed by atoms with van der Waals surface area (Å²) in [6.07, 6.45) is 0. The molecule has 0 spiro atoms. The molecular formula is C21H21O2P. The molecule has 0 N–H and O–H groups in total. The molecule has 0 amide bonds. The number of rotatable bonds is 5. The second-order valence-electron chi connectivity index (χ2n) is 5.76. The molecule has 0 aromatic heterocycles. The van der Waals surface area contributed by atoms with Gasteiger partial charge in [-0.2, -0.15) is 0 Å². The lowest BCUT2D eigenvalue weighted by molar-refractivity contribution is 0.497. The lowest BCUT2D eigenvalue weighted by Crippen LogP contribution is -2.13. The summed E-state index contributed by atoms with van der Waals surface area (Å²) >= 11 is 0. The van der Waals surface area contributed by atoms with Crippen molar-refractivity contribution in [3.63, 3.8) is 0 Å². The van der Waals surface area contributed by atoms with Gasteiger partial charge in [-0.15, -0.1) is 0 Å². The average molecular weight is 336 g/mol. The van der Waals surface area contributed by atoms with Crippen LogP contribution in [0.5, 0.6) is 11.5 Å². The third kappa shape index (κ3) is 3.77. The maximum absolute atomic E-state index is 6.31. The van der Waals surface area contributed by atoms with E-state index in [0.29, 0.717) is 0 Å². The summed E-state index contributed by atoms with van der Waals surface area (Å²) in [7, 11) is -1.26. The molecule has 3 heteroatoms. The van der Waals surface area contributed by atoms with Gasteiger partial charge in [0.25, 0.3) is 0 Å². The average Bonchev–Trinajstić information content (AvgIpc) is 2.58. The van der Waals surface area contributed by atoms with Crippen LogP contribution in [0.15, 0.2) is 72.8 Å².